The van der Waals surface area contributed by atoms with Gasteiger partial charge >= 0.3 is 0 Å². The Morgan fingerprint density at radius 1 is 1.25 bits per heavy atom. The summed E-state index contributed by atoms with van der Waals surface area (Å²) >= 11 is 6.41. The van der Waals surface area contributed by atoms with E-state index in [2.05, 4.69) is 55.6 Å². The first-order chi connectivity index (χ1) is 9.43. The summed E-state index contributed by atoms with van der Waals surface area (Å²) in [7, 11) is 1.94. The molecule has 3 nitrogen and oxygen atoms in total. The number of aromatic nitrogens is 2. The molecule has 0 spiro atoms. The number of rotatable bonds is 3. The molecule has 2 heterocycles. The standard InChI is InChI=1S/C14H22IN3S2/c1-7(2)12-11(15)14(16-5)18-13(17-12)10-6-19-8(3)9(4)20-10/h7-10H,6H2,1-5H3,(H,16,17,18). The summed E-state index contributed by atoms with van der Waals surface area (Å²) in [5.74, 6) is 3.50. The highest BCUT2D eigenvalue weighted by atomic mass is 127. The second-order valence-corrected chi connectivity index (χ2v) is 9.48. The van der Waals surface area contributed by atoms with E-state index in [0.29, 0.717) is 21.7 Å². The van der Waals surface area contributed by atoms with Crippen LogP contribution >= 0.6 is 46.1 Å². The minimum Gasteiger partial charge on any atom is -0.372 e. The maximum Gasteiger partial charge on any atom is 0.144 e. The van der Waals surface area contributed by atoms with Gasteiger partial charge in [0.2, 0.25) is 0 Å². The van der Waals surface area contributed by atoms with E-state index in [4.69, 9.17) is 9.97 Å². The lowest BCUT2D eigenvalue weighted by Crippen LogP contribution is -2.23. The van der Waals surface area contributed by atoms with Gasteiger partial charge in [-0.2, -0.15) is 11.8 Å². The van der Waals surface area contributed by atoms with Crippen molar-refractivity contribution in [3.8, 4) is 0 Å². The van der Waals surface area contributed by atoms with Gasteiger partial charge in [0.1, 0.15) is 11.6 Å². The summed E-state index contributed by atoms with van der Waals surface area (Å²) in [4.78, 5) is 9.62. The lowest BCUT2D eigenvalue weighted by molar-refractivity contribution is 0.772. The van der Waals surface area contributed by atoms with Crippen LogP contribution < -0.4 is 5.32 Å². The Hall–Kier alpha value is 0.310. The van der Waals surface area contributed by atoms with E-state index in [1.165, 1.54) is 0 Å². The Kier molecular flexibility index (Phi) is 5.88. The van der Waals surface area contributed by atoms with Crippen molar-refractivity contribution in [3.63, 3.8) is 0 Å². The van der Waals surface area contributed by atoms with Crippen LogP contribution in [0, 0.1) is 3.57 Å². The van der Waals surface area contributed by atoms with E-state index in [-0.39, 0.29) is 0 Å². The summed E-state index contributed by atoms with van der Waals surface area (Å²) in [5.41, 5.74) is 1.16. The summed E-state index contributed by atoms with van der Waals surface area (Å²) in [6.07, 6.45) is 0. The highest BCUT2D eigenvalue weighted by Crippen LogP contribution is 2.44. The molecule has 6 heteroatoms. The van der Waals surface area contributed by atoms with E-state index in [0.717, 1.165) is 26.7 Å². The molecule has 0 aliphatic carbocycles. The third kappa shape index (κ3) is 3.55. The molecule has 1 saturated heterocycles. The zero-order valence-electron chi connectivity index (χ0n) is 12.6. The molecule has 0 amide bonds. The van der Waals surface area contributed by atoms with Crippen LogP contribution in [0.5, 0.6) is 0 Å². The van der Waals surface area contributed by atoms with Gasteiger partial charge in [0.25, 0.3) is 0 Å². The molecule has 1 N–H and O–H groups in total. The van der Waals surface area contributed by atoms with Gasteiger partial charge < -0.3 is 5.32 Å². The van der Waals surface area contributed by atoms with Crippen LogP contribution in [0.3, 0.4) is 0 Å². The lowest BCUT2D eigenvalue weighted by atomic mass is 10.1. The number of hydrogen-bond acceptors (Lipinski definition) is 5. The Balaban J connectivity index is 2.34. The fourth-order valence-corrected chi connectivity index (χ4v) is 6.07. The van der Waals surface area contributed by atoms with Crippen molar-refractivity contribution < 1.29 is 0 Å². The van der Waals surface area contributed by atoms with Crippen LogP contribution in [0.4, 0.5) is 5.82 Å². The van der Waals surface area contributed by atoms with Crippen LogP contribution in [0.15, 0.2) is 0 Å². The quantitative estimate of drug-likeness (QED) is 0.723. The Morgan fingerprint density at radius 3 is 2.50 bits per heavy atom. The van der Waals surface area contributed by atoms with Gasteiger partial charge in [-0.1, -0.05) is 27.7 Å². The van der Waals surface area contributed by atoms with Gasteiger partial charge in [0, 0.05) is 23.3 Å². The normalized spacial score (nSPS) is 26.9. The maximum atomic E-state index is 4.87. The average molecular weight is 423 g/mol. The number of nitrogens with zero attached hydrogens (tertiary/aromatic N) is 2. The molecule has 2 rings (SSSR count). The minimum absolute atomic E-state index is 0.410. The number of halogens is 1. The molecule has 20 heavy (non-hydrogen) atoms. The lowest BCUT2D eigenvalue weighted by Gasteiger charge is -2.30. The monoisotopic (exact) mass is 423 g/mol. The van der Waals surface area contributed by atoms with E-state index >= 15 is 0 Å². The largest absolute Gasteiger partial charge is 0.372 e. The molecular formula is C14H22IN3S2. The maximum absolute atomic E-state index is 4.87. The van der Waals surface area contributed by atoms with E-state index in [1.54, 1.807) is 0 Å². The van der Waals surface area contributed by atoms with Gasteiger partial charge in [-0.25, -0.2) is 9.97 Å². The molecule has 3 atom stereocenters. The van der Waals surface area contributed by atoms with E-state index in [1.807, 2.05) is 30.6 Å². The first-order valence-corrected chi connectivity index (χ1v) is 10.0. The average Bonchev–Trinajstić information content (AvgIpc) is 2.42. The van der Waals surface area contributed by atoms with Gasteiger partial charge in [0.15, 0.2) is 0 Å². The number of anilines is 1. The second kappa shape index (κ2) is 7.05. The number of nitrogens with one attached hydrogen (secondary N) is 1. The smallest absolute Gasteiger partial charge is 0.144 e. The molecule has 1 aromatic rings. The topological polar surface area (TPSA) is 37.8 Å². The molecule has 0 radical (unpaired) electrons. The van der Waals surface area contributed by atoms with Crippen LogP contribution in [-0.4, -0.2) is 33.3 Å². The molecule has 0 saturated carbocycles. The SMILES string of the molecule is CNc1nc(C2CSC(C)C(C)S2)nc(C(C)C)c1I. The summed E-state index contributed by atoms with van der Waals surface area (Å²) in [6.45, 7) is 9.01. The van der Waals surface area contributed by atoms with Crippen molar-refractivity contribution in [1.82, 2.24) is 9.97 Å². The molecule has 0 bridgehead atoms. The molecule has 3 unspecified atom stereocenters. The summed E-state index contributed by atoms with van der Waals surface area (Å²) in [5, 5.41) is 5.00. The van der Waals surface area contributed by atoms with Crippen LogP contribution in [0.2, 0.25) is 0 Å². The minimum atomic E-state index is 0.410. The first kappa shape index (κ1) is 16.7. The van der Waals surface area contributed by atoms with Crippen LogP contribution in [-0.2, 0) is 0 Å². The number of hydrogen-bond donors (Lipinski definition) is 1. The van der Waals surface area contributed by atoms with Crippen molar-refractivity contribution in [2.24, 2.45) is 0 Å². The third-order valence-electron chi connectivity index (χ3n) is 3.52. The van der Waals surface area contributed by atoms with Gasteiger partial charge in [0.05, 0.1) is 14.5 Å². The van der Waals surface area contributed by atoms with Gasteiger partial charge in [-0.3, -0.25) is 0 Å². The highest BCUT2D eigenvalue weighted by Gasteiger charge is 2.29. The van der Waals surface area contributed by atoms with Gasteiger partial charge in [-0.05, 0) is 28.5 Å². The molecule has 1 aromatic heterocycles. The summed E-state index contributed by atoms with van der Waals surface area (Å²) < 4.78 is 1.15. The predicted molar refractivity (Wildman–Crippen MR) is 100 cm³/mol. The Morgan fingerprint density at radius 2 is 1.95 bits per heavy atom. The van der Waals surface area contributed by atoms with Crippen molar-refractivity contribution in [2.45, 2.75) is 49.4 Å². The summed E-state index contributed by atoms with van der Waals surface area (Å²) in [6, 6.07) is 0. The molecule has 112 valence electrons. The van der Waals surface area contributed by atoms with Crippen LogP contribution in [0.25, 0.3) is 0 Å². The fourth-order valence-electron chi connectivity index (χ4n) is 2.09. The van der Waals surface area contributed by atoms with E-state index in [9.17, 15) is 0 Å². The zero-order valence-corrected chi connectivity index (χ0v) is 16.4. The Labute approximate surface area is 144 Å². The fraction of sp³-hybridized carbons (Fsp3) is 0.714. The first-order valence-electron chi connectivity index (χ1n) is 6.96. The predicted octanol–water partition coefficient (Wildman–Crippen LogP) is 4.54. The van der Waals surface area contributed by atoms with Crippen molar-refractivity contribution in [3.05, 3.63) is 15.1 Å². The highest BCUT2D eigenvalue weighted by molar-refractivity contribution is 14.1. The van der Waals surface area contributed by atoms with E-state index < -0.39 is 0 Å². The molecule has 0 aromatic carbocycles. The second-order valence-electron chi connectivity index (χ2n) is 5.40. The molecule has 1 fully saturated rings. The Bertz CT molecular complexity index is 482. The van der Waals surface area contributed by atoms with Crippen molar-refractivity contribution >= 4 is 51.9 Å². The zero-order chi connectivity index (χ0) is 14.9. The number of thioether (sulfide) groups is 2. The molecule has 1 aliphatic rings. The molecular weight excluding hydrogens is 401 g/mol. The van der Waals surface area contributed by atoms with Crippen molar-refractivity contribution in [1.29, 1.82) is 0 Å². The van der Waals surface area contributed by atoms with Gasteiger partial charge in [-0.15, -0.1) is 11.8 Å². The molecule has 1 aliphatic heterocycles. The third-order valence-corrected chi connectivity index (χ3v) is 7.97. The van der Waals surface area contributed by atoms with Crippen LogP contribution in [0.1, 0.15) is 50.4 Å². The van der Waals surface area contributed by atoms with Crippen molar-refractivity contribution in [2.75, 3.05) is 18.1 Å².